The van der Waals surface area contributed by atoms with Gasteiger partial charge in [0.2, 0.25) is 0 Å². The molecule has 1 saturated carbocycles. The number of nitrogens with two attached hydrogens (primary N) is 1. The van der Waals surface area contributed by atoms with E-state index in [1.165, 1.54) is 0 Å². The summed E-state index contributed by atoms with van der Waals surface area (Å²) in [5.41, 5.74) is 5.80. The monoisotopic (exact) mass is 294 g/mol. The molecule has 2 rings (SSSR count). The second-order valence-corrected chi connectivity index (χ2v) is 5.61. The van der Waals surface area contributed by atoms with Gasteiger partial charge in [-0.1, -0.05) is 6.92 Å². The Morgan fingerprint density at radius 2 is 2.19 bits per heavy atom. The van der Waals surface area contributed by atoms with Crippen molar-refractivity contribution in [1.29, 1.82) is 0 Å². The van der Waals surface area contributed by atoms with Gasteiger partial charge < -0.3 is 20.4 Å². The van der Waals surface area contributed by atoms with Gasteiger partial charge in [-0.15, -0.1) is 0 Å². The second kappa shape index (κ2) is 8.14. The first-order valence-electron chi connectivity index (χ1n) is 7.87. The first-order chi connectivity index (χ1) is 10.2. The molecule has 1 aromatic rings. The maximum Gasteiger partial charge on any atom is 0.293 e. The molecule has 0 amide bonds. The van der Waals surface area contributed by atoms with Crippen LogP contribution >= 0.6 is 0 Å². The van der Waals surface area contributed by atoms with Crippen molar-refractivity contribution in [3.63, 3.8) is 0 Å². The Labute approximate surface area is 125 Å². The maximum absolute atomic E-state index is 12.1. The summed E-state index contributed by atoms with van der Waals surface area (Å²) in [5, 5.41) is 3.07. The molecule has 6 nitrogen and oxygen atoms in total. The normalized spacial score (nSPS) is 22.2. The third-order valence-electron chi connectivity index (χ3n) is 3.85. The maximum atomic E-state index is 12.1. The number of hydrogen-bond acceptors (Lipinski definition) is 5. The molecule has 0 atom stereocenters. The van der Waals surface area contributed by atoms with Crippen molar-refractivity contribution in [1.82, 2.24) is 9.55 Å². The van der Waals surface area contributed by atoms with Gasteiger partial charge in [-0.2, -0.15) is 0 Å². The molecule has 1 aliphatic rings. The fraction of sp³-hybridized carbons (Fsp3) is 0.733. The van der Waals surface area contributed by atoms with Gasteiger partial charge in [0.05, 0.1) is 12.7 Å². The third-order valence-corrected chi connectivity index (χ3v) is 3.85. The second-order valence-electron chi connectivity index (χ2n) is 5.61. The van der Waals surface area contributed by atoms with E-state index in [2.05, 4.69) is 10.3 Å². The highest BCUT2D eigenvalue weighted by atomic mass is 16.5. The van der Waals surface area contributed by atoms with Gasteiger partial charge >= 0.3 is 0 Å². The summed E-state index contributed by atoms with van der Waals surface area (Å²) in [6.45, 7) is 3.95. The van der Waals surface area contributed by atoms with E-state index in [0.717, 1.165) is 38.6 Å². The average Bonchev–Trinajstić information content (AvgIpc) is 2.49. The molecule has 3 N–H and O–H groups in total. The lowest BCUT2D eigenvalue weighted by atomic mass is 9.94. The summed E-state index contributed by atoms with van der Waals surface area (Å²) < 4.78 is 7.50. The third kappa shape index (κ3) is 4.82. The van der Waals surface area contributed by atoms with Crippen molar-refractivity contribution in [2.75, 3.05) is 18.5 Å². The standard InChI is InChI=1S/C15H26N4O2/c1-2-9-19-10-7-17-14(15(19)20)18-8-11-21-13-5-3-12(16)4-6-13/h7,10,12-13H,2-6,8-9,11,16H2,1H3,(H,17,18). The number of aromatic nitrogens is 2. The topological polar surface area (TPSA) is 82.2 Å². The van der Waals surface area contributed by atoms with Crippen LogP contribution in [0.3, 0.4) is 0 Å². The SMILES string of the molecule is CCCn1ccnc(NCCOC2CCC(N)CC2)c1=O. The van der Waals surface area contributed by atoms with E-state index in [9.17, 15) is 4.79 Å². The van der Waals surface area contributed by atoms with Crippen LogP contribution in [0.15, 0.2) is 17.2 Å². The van der Waals surface area contributed by atoms with Gasteiger partial charge in [0.25, 0.3) is 5.56 Å². The molecular formula is C15H26N4O2. The highest BCUT2D eigenvalue weighted by molar-refractivity contribution is 5.30. The van der Waals surface area contributed by atoms with Crippen LogP contribution in [-0.4, -0.2) is 34.8 Å². The van der Waals surface area contributed by atoms with Crippen LogP contribution in [-0.2, 0) is 11.3 Å². The summed E-state index contributed by atoms with van der Waals surface area (Å²) >= 11 is 0. The zero-order valence-electron chi connectivity index (χ0n) is 12.8. The molecular weight excluding hydrogens is 268 g/mol. The van der Waals surface area contributed by atoms with Crippen LogP contribution in [0.1, 0.15) is 39.0 Å². The molecule has 1 aliphatic carbocycles. The smallest absolute Gasteiger partial charge is 0.293 e. The van der Waals surface area contributed by atoms with Crippen LogP contribution < -0.4 is 16.6 Å². The summed E-state index contributed by atoms with van der Waals surface area (Å²) in [6.07, 6.45) is 8.77. The zero-order chi connectivity index (χ0) is 15.1. The largest absolute Gasteiger partial charge is 0.376 e. The number of ether oxygens (including phenoxy) is 1. The fourth-order valence-corrected chi connectivity index (χ4v) is 2.64. The fourth-order valence-electron chi connectivity index (χ4n) is 2.64. The van der Waals surface area contributed by atoms with Crippen LogP contribution in [0.4, 0.5) is 5.82 Å². The predicted octanol–water partition coefficient (Wildman–Crippen LogP) is 1.35. The lowest BCUT2D eigenvalue weighted by molar-refractivity contribution is 0.0313. The minimum absolute atomic E-state index is 0.0667. The van der Waals surface area contributed by atoms with E-state index in [0.29, 0.717) is 31.1 Å². The summed E-state index contributed by atoms with van der Waals surface area (Å²) in [5.74, 6) is 0.403. The number of rotatable bonds is 7. The molecule has 1 heterocycles. The first kappa shape index (κ1) is 16.0. The van der Waals surface area contributed by atoms with E-state index in [-0.39, 0.29) is 5.56 Å². The van der Waals surface area contributed by atoms with Crippen molar-refractivity contribution >= 4 is 5.82 Å². The Bertz CT molecular complexity index is 481. The Balaban J connectivity index is 1.73. The molecule has 118 valence electrons. The van der Waals surface area contributed by atoms with Crippen LogP contribution in [0.2, 0.25) is 0 Å². The molecule has 1 aromatic heterocycles. The van der Waals surface area contributed by atoms with E-state index in [1.807, 2.05) is 6.92 Å². The summed E-state index contributed by atoms with van der Waals surface area (Å²) in [7, 11) is 0. The summed E-state index contributed by atoms with van der Waals surface area (Å²) in [6, 6.07) is 0.341. The minimum atomic E-state index is -0.0667. The number of hydrogen-bond donors (Lipinski definition) is 2. The van der Waals surface area contributed by atoms with Crippen LogP contribution in [0.5, 0.6) is 0 Å². The quantitative estimate of drug-likeness (QED) is 0.742. The van der Waals surface area contributed by atoms with E-state index in [4.69, 9.17) is 10.5 Å². The first-order valence-corrected chi connectivity index (χ1v) is 7.87. The number of nitrogens with one attached hydrogen (secondary N) is 1. The molecule has 0 saturated heterocycles. The lowest BCUT2D eigenvalue weighted by Gasteiger charge is -2.26. The highest BCUT2D eigenvalue weighted by Crippen LogP contribution is 2.19. The zero-order valence-corrected chi connectivity index (χ0v) is 12.8. The van der Waals surface area contributed by atoms with E-state index in [1.54, 1.807) is 17.0 Å². The van der Waals surface area contributed by atoms with Gasteiger partial charge in [-0.05, 0) is 32.1 Å². The Morgan fingerprint density at radius 1 is 1.43 bits per heavy atom. The van der Waals surface area contributed by atoms with Crippen LogP contribution in [0, 0.1) is 0 Å². The van der Waals surface area contributed by atoms with Gasteiger partial charge in [-0.3, -0.25) is 4.79 Å². The number of nitrogens with zero attached hydrogens (tertiary/aromatic N) is 2. The molecule has 6 heteroatoms. The van der Waals surface area contributed by atoms with Crippen molar-refractivity contribution in [2.24, 2.45) is 5.73 Å². The number of anilines is 1. The van der Waals surface area contributed by atoms with Gasteiger partial charge in [0, 0.05) is 31.5 Å². The van der Waals surface area contributed by atoms with Gasteiger partial charge in [0.15, 0.2) is 5.82 Å². The molecule has 0 unspecified atom stereocenters. The Kier molecular flexibility index (Phi) is 6.20. The van der Waals surface area contributed by atoms with Crippen molar-refractivity contribution in [3.05, 3.63) is 22.7 Å². The van der Waals surface area contributed by atoms with Crippen molar-refractivity contribution < 1.29 is 4.74 Å². The molecule has 21 heavy (non-hydrogen) atoms. The highest BCUT2D eigenvalue weighted by Gasteiger charge is 2.18. The molecule has 0 aliphatic heterocycles. The van der Waals surface area contributed by atoms with Crippen molar-refractivity contribution in [2.45, 2.75) is 57.7 Å². The number of aryl methyl sites for hydroxylation is 1. The minimum Gasteiger partial charge on any atom is -0.376 e. The van der Waals surface area contributed by atoms with E-state index < -0.39 is 0 Å². The molecule has 0 radical (unpaired) electrons. The Hall–Kier alpha value is -1.40. The predicted molar refractivity (Wildman–Crippen MR) is 83.5 cm³/mol. The van der Waals surface area contributed by atoms with Crippen LogP contribution in [0.25, 0.3) is 0 Å². The molecule has 0 bridgehead atoms. The van der Waals surface area contributed by atoms with Crippen molar-refractivity contribution in [3.8, 4) is 0 Å². The van der Waals surface area contributed by atoms with Gasteiger partial charge in [-0.25, -0.2) is 4.98 Å². The lowest BCUT2D eigenvalue weighted by Crippen LogP contribution is -2.31. The molecule has 1 fully saturated rings. The van der Waals surface area contributed by atoms with Gasteiger partial charge in [0.1, 0.15) is 0 Å². The molecule has 0 spiro atoms. The molecule has 0 aromatic carbocycles. The summed E-state index contributed by atoms with van der Waals surface area (Å²) in [4.78, 5) is 16.2. The Morgan fingerprint density at radius 3 is 2.90 bits per heavy atom. The average molecular weight is 294 g/mol. The van der Waals surface area contributed by atoms with E-state index >= 15 is 0 Å².